The first-order chi connectivity index (χ1) is 13.6. The molecule has 1 amide bonds. The van der Waals surface area contributed by atoms with E-state index in [-0.39, 0.29) is 5.69 Å². The largest absolute Gasteiger partial charge is 0.494 e. The summed E-state index contributed by atoms with van der Waals surface area (Å²) in [6, 6.07) is 13.7. The van der Waals surface area contributed by atoms with Crippen LogP contribution >= 0.6 is 0 Å². The number of ether oxygens (including phenoxy) is 1. The number of carbonyl (C=O) groups excluding carboxylic acids is 1. The highest BCUT2D eigenvalue weighted by Gasteiger charge is 2.10. The highest BCUT2D eigenvalue weighted by atomic mass is 16.5. The van der Waals surface area contributed by atoms with Crippen LogP contribution in [0.15, 0.2) is 59.4 Å². The molecule has 0 fully saturated rings. The Labute approximate surface area is 161 Å². The van der Waals surface area contributed by atoms with Crippen LogP contribution in [0.2, 0.25) is 0 Å². The number of imidazole rings is 1. The summed E-state index contributed by atoms with van der Waals surface area (Å²) in [5.41, 5.74) is 7.05. The monoisotopic (exact) mass is 379 g/mol. The summed E-state index contributed by atoms with van der Waals surface area (Å²) in [7, 11) is 0. The number of rotatable bonds is 8. The molecule has 1 atom stereocenters. The van der Waals surface area contributed by atoms with Crippen LogP contribution in [0, 0.1) is 0 Å². The summed E-state index contributed by atoms with van der Waals surface area (Å²) >= 11 is 0. The molecule has 0 saturated heterocycles. The summed E-state index contributed by atoms with van der Waals surface area (Å²) in [6.45, 7) is 0.849. The molecular formula is C21H21N3O4. The van der Waals surface area contributed by atoms with Gasteiger partial charge in [0.1, 0.15) is 22.6 Å². The first-order valence-electron chi connectivity index (χ1n) is 9.14. The third-order valence-electron chi connectivity index (χ3n) is 4.61. The molecule has 7 heteroatoms. The third-order valence-corrected chi connectivity index (χ3v) is 4.61. The lowest BCUT2D eigenvalue weighted by molar-refractivity contribution is 0.0995. The van der Waals surface area contributed by atoms with Gasteiger partial charge in [0.25, 0.3) is 5.91 Å². The van der Waals surface area contributed by atoms with Crippen molar-refractivity contribution in [2.45, 2.75) is 25.5 Å². The minimum Gasteiger partial charge on any atom is -0.494 e. The number of aliphatic hydroxyl groups excluding tert-OH is 1. The predicted molar refractivity (Wildman–Crippen MR) is 105 cm³/mol. The molecule has 4 rings (SSSR count). The number of nitrogens with two attached hydrogens (primary N) is 1. The molecule has 7 nitrogen and oxygen atoms in total. The normalized spacial score (nSPS) is 12.5. The van der Waals surface area contributed by atoms with Crippen LogP contribution in [-0.4, -0.2) is 33.3 Å². The third kappa shape index (κ3) is 3.84. The van der Waals surface area contributed by atoms with E-state index in [1.165, 1.54) is 12.5 Å². The second-order valence-electron chi connectivity index (χ2n) is 6.72. The van der Waals surface area contributed by atoms with Gasteiger partial charge in [-0.1, -0.05) is 18.2 Å². The van der Waals surface area contributed by atoms with Gasteiger partial charge in [0.2, 0.25) is 0 Å². The lowest BCUT2D eigenvalue weighted by Crippen LogP contribution is -2.16. The van der Waals surface area contributed by atoms with Crippen molar-refractivity contribution in [2.24, 2.45) is 5.73 Å². The average molecular weight is 379 g/mol. The molecule has 0 spiro atoms. The molecule has 2 aromatic heterocycles. The molecule has 0 radical (unpaired) electrons. The van der Waals surface area contributed by atoms with Crippen LogP contribution in [0.25, 0.3) is 21.9 Å². The maximum atomic E-state index is 11.0. The molecule has 4 aromatic rings. The number of nitrogens with zero attached hydrogens (tertiary/aromatic N) is 2. The van der Waals surface area contributed by atoms with E-state index in [1.807, 2.05) is 42.5 Å². The summed E-state index contributed by atoms with van der Waals surface area (Å²) in [5, 5.41) is 12.2. The number of hydrogen-bond acceptors (Lipinski definition) is 5. The number of hydrogen-bond donors (Lipinski definition) is 2. The first-order valence-corrected chi connectivity index (χ1v) is 9.14. The van der Waals surface area contributed by atoms with Crippen molar-refractivity contribution in [3.8, 4) is 5.75 Å². The van der Waals surface area contributed by atoms with Gasteiger partial charge in [-0.05, 0) is 37.1 Å². The van der Waals surface area contributed by atoms with E-state index in [2.05, 4.69) is 4.98 Å². The lowest BCUT2D eigenvalue weighted by Gasteiger charge is -2.11. The van der Waals surface area contributed by atoms with Gasteiger partial charge in [0, 0.05) is 23.5 Å². The van der Waals surface area contributed by atoms with Crippen molar-refractivity contribution in [1.82, 2.24) is 9.55 Å². The van der Waals surface area contributed by atoms with Gasteiger partial charge in [-0.2, -0.15) is 0 Å². The van der Waals surface area contributed by atoms with Gasteiger partial charge in [0.05, 0.1) is 19.0 Å². The second kappa shape index (κ2) is 7.74. The molecule has 0 aliphatic rings. The Hall–Kier alpha value is -3.32. The van der Waals surface area contributed by atoms with Gasteiger partial charge in [-0.25, -0.2) is 4.98 Å². The van der Waals surface area contributed by atoms with Crippen molar-refractivity contribution in [3.05, 3.63) is 60.7 Å². The molecule has 28 heavy (non-hydrogen) atoms. The highest BCUT2D eigenvalue weighted by molar-refractivity contribution is 6.05. The van der Waals surface area contributed by atoms with Gasteiger partial charge in [0.15, 0.2) is 0 Å². The Bertz CT molecular complexity index is 1120. The molecule has 0 aliphatic carbocycles. The summed E-state index contributed by atoms with van der Waals surface area (Å²) in [4.78, 5) is 14.9. The zero-order chi connectivity index (χ0) is 19.5. The Morgan fingerprint density at radius 3 is 2.86 bits per heavy atom. The summed E-state index contributed by atoms with van der Waals surface area (Å²) < 4.78 is 13.3. The molecular weight excluding hydrogens is 358 g/mol. The van der Waals surface area contributed by atoms with Crippen molar-refractivity contribution in [2.75, 3.05) is 6.61 Å². The van der Waals surface area contributed by atoms with E-state index in [9.17, 15) is 9.90 Å². The Morgan fingerprint density at radius 1 is 1.21 bits per heavy atom. The number of furan rings is 1. The fourth-order valence-electron chi connectivity index (χ4n) is 3.23. The van der Waals surface area contributed by atoms with Gasteiger partial charge in [-0.15, -0.1) is 0 Å². The SMILES string of the molecule is NC(=O)c1cn(CC(O)CCCOc2ccc3oc4ccccc4c3c2)cn1. The first kappa shape index (κ1) is 18.1. The number of benzene rings is 2. The van der Waals surface area contributed by atoms with Crippen molar-refractivity contribution < 1.29 is 19.1 Å². The maximum Gasteiger partial charge on any atom is 0.268 e. The summed E-state index contributed by atoms with van der Waals surface area (Å²) in [5.74, 6) is 0.193. The Morgan fingerprint density at radius 2 is 2.04 bits per heavy atom. The van der Waals surface area contributed by atoms with Crippen molar-refractivity contribution in [3.63, 3.8) is 0 Å². The molecule has 0 saturated carbocycles. The molecule has 2 heterocycles. The van der Waals surface area contributed by atoms with E-state index in [0.29, 0.717) is 26.0 Å². The van der Waals surface area contributed by atoms with Crippen LogP contribution in [0.4, 0.5) is 0 Å². The van der Waals surface area contributed by atoms with Crippen molar-refractivity contribution >= 4 is 27.8 Å². The zero-order valence-corrected chi connectivity index (χ0v) is 15.2. The van der Waals surface area contributed by atoms with Crippen molar-refractivity contribution in [1.29, 1.82) is 0 Å². The van der Waals surface area contributed by atoms with Crippen LogP contribution in [-0.2, 0) is 6.54 Å². The number of fused-ring (bicyclic) bond motifs is 3. The Kier molecular flexibility index (Phi) is 4.99. The number of para-hydroxylation sites is 1. The van der Waals surface area contributed by atoms with Crippen LogP contribution in [0.5, 0.6) is 5.75 Å². The molecule has 0 bridgehead atoms. The number of aliphatic hydroxyl groups is 1. The molecule has 2 aromatic carbocycles. The predicted octanol–water partition coefficient (Wildman–Crippen LogP) is 3.10. The van der Waals surface area contributed by atoms with E-state index in [4.69, 9.17) is 14.9 Å². The van der Waals surface area contributed by atoms with Gasteiger partial charge < -0.3 is 24.6 Å². The molecule has 3 N–H and O–H groups in total. The lowest BCUT2D eigenvalue weighted by atomic mass is 10.1. The smallest absolute Gasteiger partial charge is 0.268 e. The average Bonchev–Trinajstić information content (AvgIpc) is 3.29. The number of primary amides is 1. The topological polar surface area (TPSA) is 104 Å². The zero-order valence-electron chi connectivity index (χ0n) is 15.2. The maximum absolute atomic E-state index is 11.0. The standard InChI is InChI=1S/C21H21N3O4/c22-21(26)18-12-24(13-23-18)11-14(25)4-3-9-27-15-7-8-20-17(10-15)16-5-1-2-6-19(16)28-20/h1-2,5-8,10,12-14,25H,3-4,9,11H2,(H2,22,26). The highest BCUT2D eigenvalue weighted by Crippen LogP contribution is 2.31. The number of aromatic nitrogens is 2. The minimum absolute atomic E-state index is 0.192. The quantitative estimate of drug-likeness (QED) is 0.458. The Balaban J connectivity index is 1.29. The van der Waals surface area contributed by atoms with Gasteiger partial charge in [-0.3, -0.25) is 4.79 Å². The fourth-order valence-corrected chi connectivity index (χ4v) is 3.23. The van der Waals surface area contributed by atoms with E-state index < -0.39 is 12.0 Å². The van der Waals surface area contributed by atoms with Crippen LogP contribution in [0.1, 0.15) is 23.3 Å². The second-order valence-corrected chi connectivity index (χ2v) is 6.72. The molecule has 144 valence electrons. The number of carbonyl (C=O) groups is 1. The van der Waals surface area contributed by atoms with Gasteiger partial charge >= 0.3 is 0 Å². The van der Waals surface area contributed by atoms with E-state index >= 15 is 0 Å². The molecule has 1 unspecified atom stereocenters. The van der Waals surface area contributed by atoms with Crippen LogP contribution in [0.3, 0.4) is 0 Å². The fraction of sp³-hybridized carbons (Fsp3) is 0.238. The van der Waals surface area contributed by atoms with E-state index in [0.717, 1.165) is 27.7 Å². The summed E-state index contributed by atoms with van der Waals surface area (Å²) in [6.07, 6.45) is 3.74. The van der Waals surface area contributed by atoms with E-state index in [1.54, 1.807) is 4.57 Å². The number of amides is 1. The van der Waals surface area contributed by atoms with Crippen LogP contribution < -0.4 is 10.5 Å². The minimum atomic E-state index is -0.580. The molecule has 0 aliphatic heterocycles.